The van der Waals surface area contributed by atoms with Crippen LogP contribution in [0.2, 0.25) is 0 Å². The average molecular weight is 360 g/mol. The number of nitrogens with one attached hydrogen (secondary N) is 1. The Kier molecular flexibility index (Phi) is 6.24. The predicted octanol–water partition coefficient (Wildman–Crippen LogP) is 1.83. The molecule has 2 rings (SSSR count). The summed E-state index contributed by atoms with van der Waals surface area (Å²) in [5.74, 6) is -0.665. The van der Waals surface area contributed by atoms with Gasteiger partial charge in [0.15, 0.2) is 0 Å². The molecule has 138 valence electrons. The van der Waals surface area contributed by atoms with Gasteiger partial charge in [-0.1, -0.05) is 12.1 Å². The van der Waals surface area contributed by atoms with Crippen molar-refractivity contribution in [3.63, 3.8) is 0 Å². The van der Waals surface area contributed by atoms with Crippen LogP contribution in [0.25, 0.3) is 0 Å². The van der Waals surface area contributed by atoms with Crippen molar-refractivity contribution in [2.24, 2.45) is 0 Å². The zero-order valence-electron chi connectivity index (χ0n) is 13.6. The largest absolute Gasteiger partial charge is 0.467 e. The number of urea groups is 1. The number of methoxy groups -OCH3 is 1. The van der Waals surface area contributed by atoms with E-state index in [-0.39, 0.29) is 6.42 Å². The molecule has 0 aliphatic carbocycles. The van der Waals surface area contributed by atoms with Crippen LogP contribution in [0.1, 0.15) is 11.1 Å². The molecular weight excluding hydrogens is 341 g/mol. The van der Waals surface area contributed by atoms with Gasteiger partial charge in [-0.05, 0) is 17.7 Å². The van der Waals surface area contributed by atoms with Gasteiger partial charge in [0.2, 0.25) is 0 Å². The van der Waals surface area contributed by atoms with E-state index >= 15 is 0 Å². The Morgan fingerprint density at radius 3 is 2.36 bits per heavy atom. The Morgan fingerprint density at radius 2 is 1.84 bits per heavy atom. The number of hydrogen-bond donors (Lipinski definition) is 1. The highest BCUT2D eigenvalue weighted by molar-refractivity contribution is 5.83. The topological polar surface area (TPSA) is 67.9 Å². The fraction of sp³-hybridized carbons (Fsp3) is 0.500. The van der Waals surface area contributed by atoms with Crippen LogP contribution in [0, 0.1) is 0 Å². The van der Waals surface area contributed by atoms with Gasteiger partial charge in [-0.3, -0.25) is 0 Å². The van der Waals surface area contributed by atoms with Gasteiger partial charge in [0, 0.05) is 19.5 Å². The highest BCUT2D eigenvalue weighted by Crippen LogP contribution is 2.29. The molecule has 6 nitrogen and oxygen atoms in total. The second-order valence-corrected chi connectivity index (χ2v) is 5.52. The summed E-state index contributed by atoms with van der Waals surface area (Å²) in [5, 5.41) is 2.57. The molecule has 25 heavy (non-hydrogen) atoms. The smallest absolute Gasteiger partial charge is 0.416 e. The molecule has 0 saturated carbocycles. The molecular formula is C16H19F3N2O4. The van der Waals surface area contributed by atoms with Gasteiger partial charge in [0.05, 0.1) is 25.9 Å². The summed E-state index contributed by atoms with van der Waals surface area (Å²) in [6.07, 6.45) is -4.40. The van der Waals surface area contributed by atoms with Crippen LogP contribution >= 0.6 is 0 Å². The van der Waals surface area contributed by atoms with Gasteiger partial charge in [0.1, 0.15) is 6.04 Å². The van der Waals surface area contributed by atoms with Crippen LogP contribution < -0.4 is 5.32 Å². The van der Waals surface area contributed by atoms with E-state index in [9.17, 15) is 22.8 Å². The molecule has 1 aliphatic heterocycles. The summed E-state index contributed by atoms with van der Waals surface area (Å²) < 4.78 is 47.6. The minimum Gasteiger partial charge on any atom is -0.467 e. The lowest BCUT2D eigenvalue weighted by Crippen LogP contribution is -2.52. The summed E-state index contributed by atoms with van der Waals surface area (Å²) in [7, 11) is 1.18. The molecule has 2 amide bonds. The van der Waals surface area contributed by atoms with E-state index in [1.807, 2.05) is 0 Å². The van der Waals surface area contributed by atoms with Crippen LogP contribution in [0.5, 0.6) is 0 Å². The number of carbonyl (C=O) groups excluding carboxylic acids is 2. The minimum absolute atomic E-state index is 0.0287. The van der Waals surface area contributed by atoms with E-state index in [2.05, 4.69) is 10.1 Å². The van der Waals surface area contributed by atoms with Crippen LogP contribution in [0.15, 0.2) is 24.3 Å². The minimum atomic E-state index is -4.43. The fourth-order valence-electron chi connectivity index (χ4n) is 2.41. The molecule has 9 heteroatoms. The molecule has 1 aromatic carbocycles. The average Bonchev–Trinajstić information content (AvgIpc) is 2.60. The Hall–Kier alpha value is -2.29. The summed E-state index contributed by atoms with van der Waals surface area (Å²) in [4.78, 5) is 25.6. The zero-order chi connectivity index (χ0) is 18.4. The number of hydrogen-bond acceptors (Lipinski definition) is 4. The van der Waals surface area contributed by atoms with Crippen molar-refractivity contribution in [3.8, 4) is 0 Å². The Morgan fingerprint density at radius 1 is 1.24 bits per heavy atom. The molecule has 1 fully saturated rings. The molecule has 1 atom stereocenters. The number of carbonyl (C=O) groups is 2. The third kappa shape index (κ3) is 5.35. The zero-order valence-corrected chi connectivity index (χ0v) is 13.6. The number of nitrogens with zero attached hydrogens (tertiary/aromatic N) is 1. The van der Waals surface area contributed by atoms with Crippen molar-refractivity contribution in [1.29, 1.82) is 0 Å². The number of esters is 1. The molecule has 1 aromatic rings. The van der Waals surface area contributed by atoms with Crippen LogP contribution in [-0.4, -0.2) is 56.4 Å². The quantitative estimate of drug-likeness (QED) is 0.832. The van der Waals surface area contributed by atoms with Gasteiger partial charge in [-0.2, -0.15) is 13.2 Å². The fourth-order valence-corrected chi connectivity index (χ4v) is 2.41. The number of rotatable bonds is 4. The summed E-state index contributed by atoms with van der Waals surface area (Å²) in [6.45, 7) is 1.63. The number of alkyl halides is 3. The number of benzene rings is 1. The van der Waals surface area contributed by atoms with Gasteiger partial charge < -0.3 is 19.7 Å². The van der Waals surface area contributed by atoms with Crippen molar-refractivity contribution in [1.82, 2.24) is 10.2 Å². The Labute approximate surface area is 142 Å². The lowest BCUT2D eigenvalue weighted by atomic mass is 10.0. The van der Waals surface area contributed by atoms with Gasteiger partial charge in [-0.15, -0.1) is 0 Å². The maximum absolute atomic E-state index is 12.6. The molecule has 1 N–H and O–H groups in total. The maximum atomic E-state index is 12.6. The van der Waals surface area contributed by atoms with Gasteiger partial charge >= 0.3 is 18.2 Å². The van der Waals surface area contributed by atoms with Crippen LogP contribution in [0.3, 0.4) is 0 Å². The van der Waals surface area contributed by atoms with Gasteiger partial charge in [0.25, 0.3) is 0 Å². The molecule has 1 aliphatic rings. The highest BCUT2D eigenvalue weighted by atomic mass is 19.4. The lowest BCUT2D eigenvalue weighted by Gasteiger charge is -2.28. The lowest BCUT2D eigenvalue weighted by molar-refractivity contribution is -0.143. The van der Waals surface area contributed by atoms with E-state index < -0.39 is 29.8 Å². The van der Waals surface area contributed by atoms with Gasteiger partial charge in [-0.25, -0.2) is 9.59 Å². The molecule has 0 aromatic heterocycles. The Balaban J connectivity index is 2.04. The van der Waals surface area contributed by atoms with Crippen molar-refractivity contribution in [3.05, 3.63) is 35.4 Å². The first kappa shape index (κ1) is 19.0. The number of halogens is 3. The molecule has 0 unspecified atom stereocenters. The summed E-state index contributed by atoms with van der Waals surface area (Å²) in [6, 6.07) is 3.00. The summed E-state index contributed by atoms with van der Waals surface area (Å²) in [5.41, 5.74) is -0.297. The Bertz CT molecular complexity index is 598. The standard InChI is InChI=1S/C16H19F3N2O4/c1-24-14(22)13(20-15(23)21-6-8-25-9-7-21)10-11-2-4-12(5-3-11)16(17,18)19/h2-5,13H,6-10H2,1H3,(H,20,23)/t13-/m0/s1. The predicted molar refractivity (Wildman–Crippen MR) is 81.9 cm³/mol. The second-order valence-electron chi connectivity index (χ2n) is 5.52. The third-order valence-electron chi connectivity index (χ3n) is 3.80. The second kappa shape index (κ2) is 8.19. The van der Waals surface area contributed by atoms with Crippen molar-refractivity contribution >= 4 is 12.0 Å². The van der Waals surface area contributed by atoms with Crippen molar-refractivity contribution in [2.75, 3.05) is 33.4 Å². The first-order valence-corrected chi connectivity index (χ1v) is 7.68. The first-order chi connectivity index (χ1) is 11.8. The van der Waals surface area contributed by atoms with E-state index in [1.54, 1.807) is 0 Å². The van der Waals surface area contributed by atoms with E-state index in [4.69, 9.17) is 4.74 Å². The molecule has 1 heterocycles. The SMILES string of the molecule is COC(=O)[C@H](Cc1ccc(C(F)(F)F)cc1)NC(=O)N1CCOCC1. The molecule has 0 spiro atoms. The number of amides is 2. The van der Waals surface area contributed by atoms with E-state index in [0.717, 1.165) is 12.1 Å². The van der Waals surface area contributed by atoms with Crippen LogP contribution in [-0.2, 0) is 26.9 Å². The highest BCUT2D eigenvalue weighted by Gasteiger charge is 2.30. The number of ether oxygens (including phenoxy) is 2. The monoisotopic (exact) mass is 360 g/mol. The molecule has 0 radical (unpaired) electrons. The third-order valence-corrected chi connectivity index (χ3v) is 3.80. The van der Waals surface area contributed by atoms with Crippen molar-refractivity contribution < 1.29 is 32.2 Å². The molecule has 1 saturated heterocycles. The van der Waals surface area contributed by atoms with E-state index in [1.165, 1.54) is 24.1 Å². The maximum Gasteiger partial charge on any atom is 0.416 e. The number of morpholine rings is 1. The molecule has 0 bridgehead atoms. The van der Waals surface area contributed by atoms with E-state index in [0.29, 0.717) is 31.9 Å². The summed E-state index contributed by atoms with van der Waals surface area (Å²) >= 11 is 0. The van der Waals surface area contributed by atoms with Crippen molar-refractivity contribution in [2.45, 2.75) is 18.6 Å². The van der Waals surface area contributed by atoms with Crippen LogP contribution in [0.4, 0.5) is 18.0 Å². The first-order valence-electron chi connectivity index (χ1n) is 7.68. The normalized spacial score (nSPS) is 16.2.